The maximum atomic E-state index is 12.8. The highest BCUT2D eigenvalue weighted by Crippen LogP contribution is 2.32. The van der Waals surface area contributed by atoms with E-state index in [1.807, 2.05) is 0 Å². The monoisotopic (exact) mass is 395 g/mol. The Morgan fingerprint density at radius 1 is 1.15 bits per heavy atom. The van der Waals surface area contributed by atoms with E-state index in [-0.39, 0.29) is 11.6 Å². The third-order valence-electron chi connectivity index (χ3n) is 3.52. The number of hydrogen-bond donors (Lipinski definition) is 1. The number of hydrogen-bond acceptors (Lipinski definition) is 3. The summed E-state index contributed by atoms with van der Waals surface area (Å²) >= 11 is 5.87. The second-order valence-corrected chi connectivity index (χ2v) is 6.04. The topological polar surface area (TPSA) is 56.2 Å². The number of benzene rings is 2. The van der Waals surface area contributed by atoms with Crippen LogP contribution in [0.2, 0.25) is 5.02 Å². The van der Waals surface area contributed by atoms with Crippen molar-refractivity contribution in [2.24, 2.45) is 0 Å². The molecule has 0 radical (unpaired) electrons. The summed E-state index contributed by atoms with van der Waals surface area (Å²) in [6.07, 6.45) is -4.48. The lowest BCUT2D eigenvalue weighted by atomic mass is 10.2. The fourth-order valence-electron chi connectivity index (χ4n) is 2.30. The average Bonchev–Trinajstić information content (AvgIpc) is 2.95. The van der Waals surface area contributed by atoms with Crippen LogP contribution in [0, 0.1) is 6.92 Å². The second kappa shape index (κ2) is 7.32. The summed E-state index contributed by atoms with van der Waals surface area (Å²) in [5.74, 6) is -0.0437. The van der Waals surface area contributed by atoms with Gasteiger partial charge in [-0.25, -0.2) is 4.79 Å². The normalized spacial score (nSPS) is 11.3. The summed E-state index contributed by atoms with van der Waals surface area (Å²) in [7, 11) is 0. The summed E-state index contributed by atoms with van der Waals surface area (Å²) in [4.78, 5) is 12.3. The van der Waals surface area contributed by atoms with Gasteiger partial charge >= 0.3 is 12.2 Å². The number of amides is 1. The third kappa shape index (κ3) is 4.59. The minimum Gasteiger partial charge on any atom is -0.438 e. The van der Waals surface area contributed by atoms with Crippen LogP contribution in [0.1, 0.15) is 11.3 Å². The standard InChI is InChI=1S/C18H13ClF3N3O2/c1-11-8-16(27-15-7-2-4-12(9-15)18(20,21)22)24-25(11)17(26)23-14-6-3-5-13(19)10-14/h2-10H,1H3,(H,23,26). The van der Waals surface area contributed by atoms with Gasteiger partial charge in [0.25, 0.3) is 0 Å². The highest BCUT2D eigenvalue weighted by atomic mass is 35.5. The van der Waals surface area contributed by atoms with Crippen molar-refractivity contribution in [2.45, 2.75) is 13.1 Å². The number of ether oxygens (including phenoxy) is 1. The first-order chi connectivity index (χ1) is 12.7. The van der Waals surface area contributed by atoms with E-state index in [9.17, 15) is 18.0 Å². The van der Waals surface area contributed by atoms with Gasteiger partial charge in [-0.05, 0) is 43.3 Å². The van der Waals surface area contributed by atoms with Gasteiger partial charge in [0.05, 0.1) is 11.3 Å². The predicted octanol–water partition coefficient (Wildman–Crippen LogP) is 5.74. The molecule has 0 aliphatic rings. The van der Waals surface area contributed by atoms with Crippen LogP contribution in [-0.4, -0.2) is 15.8 Å². The molecule has 1 aromatic heterocycles. The largest absolute Gasteiger partial charge is 0.438 e. The Morgan fingerprint density at radius 3 is 2.59 bits per heavy atom. The predicted molar refractivity (Wildman–Crippen MR) is 94.4 cm³/mol. The number of nitrogens with zero attached hydrogens (tertiary/aromatic N) is 2. The van der Waals surface area contributed by atoms with Crippen molar-refractivity contribution in [1.82, 2.24) is 9.78 Å². The van der Waals surface area contributed by atoms with Crippen molar-refractivity contribution in [3.05, 3.63) is 70.9 Å². The van der Waals surface area contributed by atoms with Gasteiger partial charge < -0.3 is 10.1 Å². The molecule has 3 rings (SSSR count). The molecule has 0 bridgehead atoms. The first-order valence-electron chi connectivity index (χ1n) is 7.71. The van der Waals surface area contributed by atoms with Crippen LogP contribution in [0.25, 0.3) is 0 Å². The molecule has 0 aliphatic carbocycles. The van der Waals surface area contributed by atoms with E-state index in [4.69, 9.17) is 16.3 Å². The van der Waals surface area contributed by atoms with Gasteiger partial charge in [0.1, 0.15) is 5.75 Å². The van der Waals surface area contributed by atoms with Crippen molar-refractivity contribution < 1.29 is 22.7 Å². The summed E-state index contributed by atoms with van der Waals surface area (Å²) in [6, 6.07) is 11.8. The molecule has 27 heavy (non-hydrogen) atoms. The minimum atomic E-state index is -4.48. The summed E-state index contributed by atoms with van der Waals surface area (Å²) in [5.41, 5.74) is 0.0779. The van der Waals surface area contributed by atoms with E-state index in [1.165, 1.54) is 18.2 Å². The summed E-state index contributed by atoms with van der Waals surface area (Å²) < 4.78 is 44.7. The van der Waals surface area contributed by atoms with E-state index in [1.54, 1.807) is 31.2 Å². The van der Waals surface area contributed by atoms with E-state index >= 15 is 0 Å². The molecule has 5 nitrogen and oxygen atoms in total. The van der Waals surface area contributed by atoms with Crippen molar-refractivity contribution in [3.8, 4) is 11.6 Å². The van der Waals surface area contributed by atoms with E-state index < -0.39 is 17.8 Å². The highest BCUT2D eigenvalue weighted by Gasteiger charge is 2.30. The summed E-state index contributed by atoms with van der Waals surface area (Å²) in [6.45, 7) is 1.61. The van der Waals surface area contributed by atoms with Crippen LogP contribution in [-0.2, 0) is 6.18 Å². The van der Waals surface area contributed by atoms with Crippen molar-refractivity contribution >= 4 is 23.3 Å². The first kappa shape index (κ1) is 18.8. The van der Waals surface area contributed by atoms with Crippen molar-refractivity contribution in [2.75, 3.05) is 5.32 Å². The quantitative estimate of drug-likeness (QED) is 0.615. The number of rotatable bonds is 3. The van der Waals surface area contributed by atoms with Gasteiger partial charge in [0.2, 0.25) is 5.88 Å². The van der Waals surface area contributed by atoms with Gasteiger partial charge in [-0.3, -0.25) is 0 Å². The number of carbonyl (C=O) groups is 1. The second-order valence-electron chi connectivity index (χ2n) is 5.60. The van der Waals surface area contributed by atoms with Crippen molar-refractivity contribution in [3.63, 3.8) is 0 Å². The smallest absolute Gasteiger partial charge is 0.416 e. The van der Waals surface area contributed by atoms with Crippen LogP contribution in [0.5, 0.6) is 11.6 Å². The molecule has 0 unspecified atom stereocenters. The zero-order chi connectivity index (χ0) is 19.6. The van der Waals surface area contributed by atoms with Gasteiger partial charge in [-0.2, -0.15) is 17.9 Å². The zero-order valence-corrected chi connectivity index (χ0v) is 14.7. The Hall–Kier alpha value is -3.00. The van der Waals surface area contributed by atoms with Gasteiger partial charge in [-0.15, -0.1) is 5.10 Å². The highest BCUT2D eigenvalue weighted by molar-refractivity contribution is 6.30. The third-order valence-corrected chi connectivity index (χ3v) is 3.75. The Bertz CT molecular complexity index is 986. The van der Waals surface area contributed by atoms with E-state index in [0.29, 0.717) is 16.4 Å². The molecule has 1 heterocycles. The molecule has 0 aliphatic heterocycles. The van der Waals surface area contributed by atoms with Gasteiger partial charge in [0.15, 0.2) is 0 Å². The maximum absolute atomic E-state index is 12.8. The molecule has 1 amide bonds. The lowest BCUT2D eigenvalue weighted by molar-refractivity contribution is -0.137. The van der Waals surface area contributed by atoms with Crippen molar-refractivity contribution in [1.29, 1.82) is 0 Å². The molecular weight excluding hydrogens is 383 g/mol. The molecule has 3 aromatic rings. The molecule has 0 atom stereocenters. The zero-order valence-electron chi connectivity index (χ0n) is 13.9. The fourth-order valence-corrected chi connectivity index (χ4v) is 2.49. The number of aryl methyl sites for hydroxylation is 1. The molecule has 1 N–H and O–H groups in total. The number of alkyl halides is 3. The lowest BCUT2D eigenvalue weighted by Gasteiger charge is -2.08. The maximum Gasteiger partial charge on any atom is 0.416 e. The molecular formula is C18H13ClF3N3O2. The Balaban J connectivity index is 1.77. The van der Waals surface area contributed by atoms with Gasteiger partial charge in [-0.1, -0.05) is 23.7 Å². The number of aromatic nitrogens is 2. The number of halogens is 4. The Kier molecular flexibility index (Phi) is 5.09. The van der Waals surface area contributed by atoms with Crippen LogP contribution < -0.4 is 10.1 Å². The SMILES string of the molecule is Cc1cc(Oc2cccc(C(F)(F)F)c2)nn1C(=O)Nc1cccc(Cl)c1. The molecule has 2 aromatic carbocycles. The average molecular weight is 396 g/mol. The fraction of sp³-hybridized carbons (Fsp3) is 0.111. The molecule has 0 spiro atoms. The molecule has 0 saturated carbocycles. The lowest BCUT2D eigenvalue weighted by Crippen LogP contribution is -2.21. The van der Waals surface area contributed by atoms with Crippen LogP contribution >= 0.6 is 11.6 Å². The summed E-state index contributed by atoms with van der Waals surface area (Å²) in [5, 5.41) is 7.06. The molecule has 0 saturated heterocycles. The van der Waals surface area contributed by atoms with Crippen LogP contribution in [0.15, 0.2) is 54.6 Å². The number of nitrogens with one attached hydrogen (secondary N) is 1. The van der Waals surface area contributed by atoms with E-state index in [0.717, 1.165) is 16.8 Å². The Morgan fingerprint density at radius 2 is 1.89 bits per heavy atom. The number of carbonyl (C=O) groups excluding carboxylic acids is 1. The first-order valence-corrected chi connectivity index (χ1v) is 8.09. The molecule has 9 heteroatoms. The van der Waals surface area contributed by atoms with E-state index in [2.05, 4.69) is 10.4 Å². The number of anilines is 1. The molecule has 0 fully saturated rings. The Labute approximate surface area is 157 Å². The van der Waals surface area contributed by atoms with Gasteiger partial charge in [0, 0.05) is 16.8 Å². The van der Waals surface area contributed by atoms with Crippen LogP contribution in [0.4, 0.5) is 23.7 Å². The molecule has 140 valence electrons. The minimum absolute atomic E-state index is 0.00642. The van der Waals surface area contributed by atoms with Crippen LogP contribution in [0.3, 0.4) is 0 Å².